The van der Waals surface area contributed by atoms with Crippen LogP contribution in [0.5, 0.6) is 0 Å². The molecule has 1 aliphatic rings. The van der Waals surface area contributed by atoms with Crippen LogP contribution in [0.15, 0.2) is 12.3 Å². The summed E-state index contributed by atoms with van der Waals surface area (Å²) in [7, 11) is 1.71. The van der Waals surface area contributed by atoms with E-state index in [0.717, 1.165) is 12.8 Å². The van der Waals surface area contributed by atoms with Crippen LogP contribution in [0.25, 0.3) is 6.08 Å². The van der Waals surface area contributed by atoms with E-state index in [2.05, 4.69) is 19.1 Å². The quantitative estimate of drug-likeness (QED) is 0.616. The van der Waals surface area contributed by atoms with Gasteiger partial charge in [-0.3, -0.25) is 0 Å². The number of allylic oxidation sites excluding steroid dienone is 1. The van der Waals surface area contributed by atoms with E-state index in [4.69, 9.17) is 4.84 Å². The lowest BCUT2D eigenvalue weighted by Gasteiger charge is -2.09. The summed E-state index contributed by atoms with van der Waals surface area (Å²) in [6.07, 6.45) is 8.66. The third-order valence-electron chi connectivity index (χ3n) is 2.34. The van der Waals surface area contributed by atoms with Gasteiger partial charge in [0.15, 0.2) is 0 Å². The molecule has 64 valence electrons. The Bertz CT molecular complexity index is 323. The summed E-state index contributed by atoms with van der Waals surface area (Å²) >= 11 is 0. The second-order valence-electron chi connectivity index (χ2n) is 3.12. The Morgan fingerprint density at radius 3 is 3.08 bits per heavy atom. The van der Waals surface area contributed by atoms with E-state index in [1.807, 2.05) is 10.9 Å². The van der Waals surface area contributed by atoms with E-state index < -0.39 is 0 Å². The van der Waals surface area contributed by atoms with Crippen LogP contribution in [0.3, 0.4) is 0 Å². The molecule has 1 heterocycles. The SMILES string of the molecule is COn1cc(C)c2c1CCC=C2. The van der Waals surface area contributed by atoms with Crippen molar-refractivity contribution in [2.45, 2.75) is 19.8 Å². The average molecular weight is 163 g/mol. The molecule has 12 heavy (non-hydrogen) atoms. The highest BCUT2D eigenvalue weighted by molar-refractivity contribution is 5.58. The van der Waals surface area contributed by atoms with Crippen LogP contribution < -0.4 is 4.84 Å². The van der Waals surface area contributed by atoms with Gasteiger partial charge in [-0.25, -0.2) is 0 Å². The molecule has 0 amide bonds. The van der Waals surface area contributed by atoms with Crippen LogP contribution >= 0.6 is 0 Å². The van der Waals surface area contributed by atoms with Crippen LogP contribution in [-0.4, -0.2) is 11.8 Å². The molecule has 0 aliphatic heterocycles. The predicted molar refractivity (Wildman–Crippen MR) is 49.0 cm³/mol. The van der Waals surface area contributed by atoms with E-state index in [-0.39, 0.29) is 0 Å². The summed E-state index contributed by atoms with van der Waals surface area (Å²) in [6.45, 7) is 2.12. The van der Waals surface area contributed by atoms with E-state index in [1.54, 1.807) is 7.11 Å². The molecule has 1 aliphatic carbocycles. The van der Waals surface area contributed by atoms with Crippen molar-refractivity contribution in [3.8, 4) is 0 Å². The van der Waals surface area contributed by atoms with Gasteiger partial charge >= 0.3 is 0 Å². The Labute approximate surface area is 72.4 Å². The van der Waals surface area contributed by atoms with Gasteiger partial charge in [-0.15, -0.1) is 0 Å². The number of fused-ring (bicyclic) bond motifs is 1. The lowest BCUT2D eigenvalue weighted by atomic mass is 10.0. The van der Waals surface area contributed by atoms with Gasteiger partial charge in [-0.05, 0) is 25.3 Å². The van der Waals surface area contributed by atoms with Crippen LogP contribution in [0.4, 0.5) is 0 Å². The van der Waals surface area contributed by atoms with Gasteiger partial charge in [0.25, 0.3) is 0 Å². The number of nitrogens with zero attached hydrogens (tertiary/aromatic N) is 1. The molecule has 1 aromatic rings. The van der Waals surface area contributed by atoms with Crippen molar-refractivity contribution >= 4 is 6.08 Å². The standard InChI is InChI=1S/C10H13NO/c1-8-7-11(12-2)10-6-4-3-5-9(8)10/h3,5,7H,4,6H2,1-2H3. The third kappa shape index (κ3) is 0.951. The molecule has 0 atom stereocenters. The fraction of sp³-hybridized carbons (Fsp3) is 0.400. The zero-order chi connectivity index (χ0) is 8.55. The molecule has 0 fully saturated rings. The molecule has 0 N–H and O–H groups in total. The van der Waals surface area contributed by atoms with Gasteiger partial charge in [-0.2, -0.15) is 4.73 Å². The minimum absolute atomic E-state index is 1.09. The highest BCUT2D eigenvalue weighted by atomic mass is 16.6. The van der Waals surface area contributed by atoms with E-state index in [0.29, 0.717) is 0 Å². The van der Waals surface area contributed by atoms with Crippen molar-refractivity contribution in [3.63, 3.8) is 0 Å². The molecule has 2 nitrogen and oxygen atoms in total. The maximum absolute atomic E-state index is 5.22. The molecule has 1 aromatic heterocycles. The molecule has 0 aromatic carbocycles. The first-order chi connectivity index (χ1) is 5.83. The first kappa shape index (κ1) is 7.47. The zero-order valence-corrected chi connectivity index (χ0v) is 7.50. The van der Waals surface area contributed by atoms with Crippen molar-refractivity contribution < 1.29 is 4.84 Å². The Morgan fingerprint density at radius 2 is 2.33 bits per heavy atom. The normalized spacial score (nSPS) is 14.5. The fourth-order valence-electron chi connectivity index (χ4n) is 1.73. The van der Waals surface area contributed by atoms with E-state index in [9.17, 15) is 0 Å². The molecular formula is C10H13NO. The van der Waals surface area contributed by atoms with Crippen molar-refractivity contribution in [1.82, 2.24) is 4.73 Å². The second kappa shape index (κ2) is 2.70. The Kier molecular flexibility index (Phi) is 1.68. The van der Waals surface area contributed by atoms with Gasteiger partial charge in [0.1, 0.15) is 7.11 Å². The molecule has 2 rings (SSSR count). The maximum atomic E-state index is 5.22. The van der Waals surface area contributed by atoms with Gasteiger partial charge in [0.05, 0.1) is 5.69 Å². The fourth-order valence-corrected chi connectivity index (χ4v) is 1.73. The number of hydrogen-bond donors (Lipinski definition) is 0. The summed E-state index contributed by atoms with van der Waals surface area (Å²) in [6, 6.07) is 0. The first-order valence-electron chi connectivity index (χ1n) is 4.25. The second-order valence-corrected chi connectivity index (χ2v) is 3.12. The highest BCUT2D eigenvalue weighted by Crippen LogP contribution is 2.23. The van der Waals surface area contributed by atoms with Gasteiger partial charge in [0.2, 0.25) is 0 Å². The van der Waals surface area contributed by atoms with Gasteiger partial charge in [-0.1, -0.05) is 12.2 Å². The van der Waals surface area contributed by atoms with Crippen LogP contribution in [0.1, 0.15) is 23.2 Å². The third-order valence-corrected chi connectivity index (χ3v) is 2.34. The molecular weight excluding hydrogens is 150 g/mol. The summed E-state index contributed by atoms with van der Waals surface area (Å²) in [5.74, 6) is 0. The van der Waals surface area contributed by atoms with Crippen molar-refractivity contribution in [2.24, 2.45) is 0 Å². The monoisotopic (exact) mass is 163 g/mol. The smallest absolute Gasteiger partial charge is 0.104 e. The molecule has 0 bridgehead atoms. The molecule has 0 radical (unpaired) electrons. The number of rotatable bonds is 1. The Morgan fingerprint density at radius 1 is 1.50 bits per heavy atom. The molecule has 0 spiro atoms. The molecule has 0 saturated carbocycles. The minimum Gasteiger partial charge on any atom is -0.417 e. The first-order valence-corrected chi connectivity index (χ1v) is 4.25. The summed E-state index contributed by atoms with van der Waals surface area (Å²) < 4.78 is 1.87. The minimum atomic E-state index is 1.09. The van der Waals surface area contributed by atoms with Crippen molar-refractivity contribution in [2.75, 3.05) is 7.11 Å². The Hall–Kier alpha value is -1.18. The predicted octanol–water partition coefficient (Wildman–Crippen LogP) is 1.81. The summed E-state index contributed by atoms with van der Waals surface area (Å²) in [5.41, 5.74) is 3.93. The summed E-state index contributed by atoms with van der Waals surface area (Å²) in [4.78, 5) is 5.22. The maximum Gasteiger partial charge on any atom is 0.104 e. The number of aryl methyl sites for hydroxylation is 1. The largest absolute Gasteiger partial charge is 0.417 e. The van der Waals surface area contributed by atoms with E-state index in [1.165, 1.54) is 16.8 Å². The average Bonchev–Trinajstić information content (AvgIpc) is 2.44. The van der Waals surface area contributed by atoms with Crippen LogP contribution in [-0.2, 0) is 6.42 Å². The molecule has 2 heteroatoms. The van der Waals surface area contributed by atoms with Crippen molar-refractivity contribution in [1.29, 1.82) is 0 Å². The topological polar surface area (TPSA) is 14.2 Å². The molecule has 0 saturated heterocycles. The highest BCUT2D eigenvalue weighted by Gasteiger charge is 2.13. The van der Waals surface area contributed by atoms with Crippen molar-refractivity contribution in [3.05, 3.63) is 29.1 Å². The molecule has 0 unspecified atom stereocenters. The zero-order valence-electron chi connectivity index (χ0n) is 7.50. The number of aromatic nitrogens is 1. The van der Waals surface area contributed by atoms with Gasteiger partial charge < -0.3 is 4.84 Å². The summed E-state index contributed by atoms with van der Waals surface area (Å²) in [5, 5.41) is 0. The van der Waals surface area contributed by atoms with Crippen LogP contribution in [0, 0.1) is 6.92 Å². The number of hydrogen-bond acceptors (Lipinski definition) is 1. The lowest BCUT2D eigenvalue weighted by Crippen LogP contribution is -2.09. The Balaban J connectivity index is 2.56. The van der Waals surface area contributed by atoms with E-state index >= 15 is 0 Å². The van der Waals surface area contributed by atoms with Gasteiger partial charge in [0, 0.05) is 11.8 Å². The lowest BCUT2D eigenvalue weighted by molar-refractivity contribution is 0.159. The van der Waals surface area contributed by atoms with Crippen LogP contribution in [0.2, 0.25) is 0 Å².